The van der Waals surface area contributed by atoms with Crippen molar-refractivity contribution in [3.8, 4) is 11.5 Å². The highest BCUT2D eigenvalue weighted by Gasteiger charge is 2.18. The van der Waals surface area contributed by atoms with Crippen molar-refractivity contribution in [2.75, 3.05) is 31.6 Å². The number of carbonyl (C=O) groups excluding carboxylic acids is 2. The first-order chi connectivity index (χ1) is 11.7. The van der Waals surface area contributed by atoms with Crippen LogP contribution in [-0.4, -0.2) is 43.0 Å². The van der Waals surface area contributed by atoms with E-state index in [4.69, 9.17) is 9.47 Å². The maximum absolute atomic E-state index is 12.3. The van der Waals surface area contributed by atoms with Crippen LogP contribution in [0.25, 0.3) is 0 Å². The molecule has 2 heterocycles. The Balaban J connectivity index is 1.63. The molecule has 0 unspecified atom stereocenters. The molecular formula is C17H18N2O4S. The number of hydrogen-bond acceptors (Lipinski definition) is 5. The third-order valence-corrected chi connectivity index (χ3v) is 4.28. The van der Waals surface area contributed by atoms with Crippen LogP contribution >= 0.6 is 11.3 Å². The SMILES string of the molecule is CCN(CC(=O)Nc1ccc2c(c1)OCCO2)C(=O)c1ccsc1. The summed E-state index contributed by atoms with van der Waals surface area (Å²) in [4.78, 5) is 26.1. The van der Waals surface area contributed by atoms with Crippen LogP contribution in [-0.2, 0) is 4.79 Å². The molecule has 1 aromatic heterocycles. The van der Waals surface area contributed by atoms with E-state index in [0.29, 0.717) is 42.5 Å². The number of fused-ring (bicyclic) bond motifs is 1. The number of ether oxygens (including phenoxy) is 2. The van der Waals surface area contributed by atoms with Gasteiger partial charge in [0.05, 0.1) is 5.56 Å². The molecular weight excluding hydrogens is 328 g/mol. The number of rotatable bonds is 5. The summed E-state index contributed by atoms with van der Waals surface area (Å²) in [6, 6.07) is 7.00. The Morgan fingerprint density at radius 3 is 2.71 bits per heavy atom. The topological polar surface area (TPSA) is 67.9 Å². The van der Waals surface area contributed by atoms with E-state index < -0.39 is 0 Å². The summed E-state index contributed by atoms with van der Waals surface area (Å²) in [6.45, 7) is 3.32. The third-order valence-electron chi connectivity index (χ3n) is 3.60. The van der Waals surface area contributed by atoms with Crippen LogP contribution in [0, 0.1) is 0 Å². The zero-order valence-corrected chi connectivity index (χ0v) is 14.1. The molecule has 0 atom stereocenters. The molecule has 7 heteroatoms. The van der Waals surface area contributed by atoms with Gasteiger partial charge in [-0.25, -0.2) is 0 Å². The summed E-state index contributed by atoms with van der Waals surface area (Å²) < 4.78 is 10.9. The molecule has 24 heavy (non-hydrogen) atoms. The van der Waals surface area contributed by atoms with Gasteiger partial charge in [-0.1, -0.05) is 0 Å². The van der Waals surface area contributed by atoms with Gasteiger partial charge in [-0.05, 0) is 30.5 Å². The molecule has 0 spiro atoms. The standard InChI is InChI=1S/C17H18N2O4S/c1-2-19(17(21)12-5-8-24-11-12)10-16(20)18-13-3-4-14-15(9-13)23-7-6-22-14/h3-5,8-9,11H,2,6-7,10H2,1H3,(H,18,20). The molecule has 6 nitrogen and oxygen atoms in total. The van der Waals surface area contributed by atoms with E-state index in [1.54, 1.807) is 29.6 Å². The minimum Gasteiger partial charge on any atom is -0.486 e. The molecule has 0 fully saturated rings. The summed E-state index contributed by atoms with van der Waals surface area (Å²) in [5.41, 5.74) is 1.22. The molecule has 2 aromatic rings. The molecule has 1 aliphatic heterocycles. The lowest BCUT2D eigenvalue weighted by molar-refractivity contribution is -0.116. The first-order valence-electron chi connectivity index (χ1n) is 7.68. The predicted octanol–water partition coefficient (Wildman–Crippen LogP) is 2.62. The lowest BCUT2D eigenvalue weighted by Crippen LogP contribution is -2.37. The summed E-state index contributed by atoms with van der Waals surface area (Å²) in [7, 11) is 0. The molecule has 0 saturated carbocycles. The van der Waals surface area contributed by atoms with E-state index >= 15 is 0 Å². The number of thiophene rings is 1. The Labute approximate surface area is 144 Å². The zero-order valence-electron chi connectivity index (χ0n) is 13.3. The first kappa shape index (κ1) is 16.3. The van der Waals surface area contributed by atoms with Gasteiger partial charge in [0.2, 0.25) is 5.91 Å². The van der Waals surface area contributed by atoms with Crippen molar-refractivity contribution in [3.63, 3.8) is 0 Å². The van der Waals surface area contributed by atoms with Crippen LogP contribution in [0.4, 0.5) is 5.69 Å². The van der Waals surface area contributed by atoms with Crippen LogP contribution in [0.2, 0.25) is 0 Å². The molecule has 1 aromatic carbocycles. The Hall–Kier alpha value is -2.54. The number of amides is 2. The summed E-state index contributed by atoms with van der Waals surface area (Å²) >= 11 is 1.46. The van der Waals surface area contributed by atoms with Gasteiger partial charge in [0.15, 0.2) is 11.5 Å². The van der Waals surface area contributed by atoms with E-state index in [1.165, 1.54) is 16.2 Å². The van der Waals surface area contributed by atoms with E-state index in [2.05, 4.69) is 5.32 Å². The highest BCUT2D eigenvalue weighted by Crippen LogP contribution is 2.32. The average molecular weight is 346 g/mol. The lowest BCUT2D eigenvalue weighted by Gasteiger charge is -2.21. The highest BCUT2D eigenvalue weighted by molar-refractivity contribution is 7.08. The van der Waals surface area contributed by atoms with E-state index in [-0.39, 0.29) is 18.4 Å². The largest absolute Gasteiger partial charge is 0.486 e. The fourth-order valence-electron chi connectivity index (χ4n) is 2.39. The van der Waals surface area contributed by atoms with Gasteiger partial charge in [-0.2, -0.15) is 11.3 Å². The van der Waals surface area contributed by atoms with Crippen molar-refractivity contribution >= 4 is 28.8 Å². The maximum Gasteiger partial charge on any atom is 0.255 e. The zero-order chi connectivity index (χ0) is 16.9. The van der Waals surface area contributed by atoms with Gasteiger partial charge >= 0.3 is 0 Å². The fraction of sp³-hybridized carbons (Fsp3) is 0.294. The number of nitrogens with zero attached hydrogens (tertiary/aromatic N) is 1. The normalized spacial score (nSPS) is 12.5. The summed E-state index contributed by atoms with van der Waals surface area (Å²) in [6.07, 6.45) is 0. The quantitative estimate of drug-likeness (QED) is 0.904. The number of benzene rings is 1. The van der Waals surface area contributed by atoms with Crippen LogP contribution in [0.3, 0.4) is 0 Å². The molecule has 126 valence electrons. The van der Waals surface area contributed by atoms with Gasteiger partial charge < -0.3 is 19.7 Å². The molecule has 0 aliphatic carbocycles. The van der Waals surface area contributed by atoms with Crippen molar-refractivity contribution in [2.45, 2.75) is 6.92 Å². The number of carbonyl (C=O) groups is 2. The Morgan fingerprint density at radius 1 is 1.21 bits per heavy atom. The van der Waals surface area contributed by atoms with Crippen LogP contribution < -0.4 is 14.8 Å². The summed E-state index contributed by atoms with van der Waals surface area (Å²) in [5.74, 6) is 0.885. The Morgan fingerprint density at radius 2 is 2.00 bits per heavy atom. The molecule has 2 amide bonds. The van der Waals surface area contributed by atoms with Crippen molar-refractivity contribution in [1.29, 1.82) is 0 Å². The molecule has 0 radical (unpaired) electrons. The van der Waals surface area contributed by atoms with Crippen LogP contribution in [0.15, 0.2) is 35.0 Å². The molecule has 0 saturated heterocycles. The average Bonchev–Trinajstić information content (AvgIpc) is 3.13. The van der Waals surface area contributed by atoms with Gasteiger partial charge in [0.25, 0.3) is 5.91 Å². The molecule has 0 bridgehead atoms. The van der Waals surface area contributed by atoms with Gasteiger partial charge in [0, 0.05) is 23.7 Å². The van der Waals surface area contributed by atoms with E-state index in [0.717, 1.165) is 0 Å². The number of nitrogens with one attached hydrogen (secondary N) is 1. The van der Waals surface area contributed by atoms with Crippen molar-refractivity contribution in [1.82, 2.24) is 4.90 Å². The van der Waals surface area contributed by atoms with E-state index in [1.807, 2.05) is 12.3 Å². The number of hydrogen-bond donors (Lipinski definition) is 1. The summed E-state index contributed by atoms with van der Waals surface area (Å²) in [5, 5.41) is 6.42. The van der Waals surface area contributed by atoms with Gasteiger partial charge in [-0.15, -0.1) is 0 Å². The monoisotopic (exact) mass is 346 g/mol. The molecule has 1 N–H and O–H groups in total. The second-order valence-corrected chi connectivity index (χ2v) is 6.02. The second-order valence-electron chi connectivity index (χ2n) is 5.24. The maximum atomic E-state index is 12.3. The van der Waals surface area contributed by atoms with Crippen molar-refractivity contribution in [3.05, 3.63) is 40.6 Å². The Kier molecular flexibility index (Phi) is 5.00. The Bertz CT molecular complexity index is 730. The lowest BCUT2D eigenvalue weighted by atomic mass is 10.2. The third kappa shape index (κ3) is 3.68. The minimum atomic E-state index is -0.253. The first-order valence-corrected chi connectivity index (χ1v) is 8.62. The van der Waals surface area contributed by atoms with E-state index in [9.17, 15) is 9.59 Å². The fourth-order valence-corrected chi connectivity index (χ4v) is 3.02. The second kappa shape index (κ2) is 7.35. The molecule has 3 rings (SSSR count). The van der Waals surface area contributed by atoms with Gasteiger partial charge in [0.1, 0.15) is 19.8 Å². The van der Waals surface area contributed by atoms with Gasteiger partial charge in [-0.3, -0.25) is 9.59 Å². The number of likely N-dealkylation sites (N-methyl/N-ethyl adjacent to an activating group) is 1. The minimum absolute atomic E-state index is 0.000375. The van der Waals surface area contributed by atoms with Crippen molar-refractivity contribution < 1.29 is 19.1 Å². The smallest absolute Gasteiger partial charge is 0.255 e. The predicted molar refractivity (Wildman–Crippen MR) is 92.0 cm³/mol. The van der Waals surface area contributed by atoms with Crippen molar-refractivity contribution in [2.24, 2.45) is 0 Å². The molecule has 1 aliphatic rings. The van der Waals surface area contributed by atoms with Crippen LogP contribution in [0.1, 0.15) is 17.3 Å². The number of anilines is 1. The van der Waals surface area contributed by atoms with Crippen LogP contribution in [0.5, 0.6) is 11.5 Å². The highest BCUT2D eigenvalue weighted by atomic mass is 32.1.